The summed E-state index contributed by atoms with van der Waals surface area (Å²) in [6, 6.07) is 8.91. The Hall–Kier alpha value is -0.730. The molecule has 2 aromatic rings. The van der Waals surface area contributed by atoms with Gasteiger partial charge in [-0.2, -0.15) is 0 Å². The Morgan fingerprint density at radius 3 is 2.79 bits per heavy atom. The van der Waals surface area contributed by atoms with Gasteiger partial charge in [0.2, 0.25) is 10.0 Å². The molecule has 0 spiro atoms. The molecule has 1 aromatic carbocycles. The molecule has 7 heteroatoms. The van der Waals surface area contributed by atoms with Crippen LogP contribution in [-0.4, -0.2) is 13.5 Å². The van der Waals surface area contributed by atoms with Crippen molar-refractivity contribution >= 4 is 37.3 Å². The molecular formula is C12H12BrNO3S2. The number of benzene rings is 1. The first-order valence-corrected chi connectivity index (χ1v) is 8.60. The fourth-order valence-electron chi connectivity index (χ4n) is 1.59. The largest absolute Gasteiger partial charge is 0.391 e. The van der Waals surface area contributed by atoms with Crippen LogP contribution in [0.4, 0.5) is 0 Å². The van der Waals surface area contributed by atoms with E-state index in [1.165, 1.54) is 17.4 Å². The van der Waals surface area contributed by atoms with Crippen LogP contribution in [0.5, 0.6) is 0 Å². The molecule has 19 heavy (non-hydrogen) atoms. The number of halogens is 1. The van der Waals surface area contributed by atoms with Crippen molar-refractivity contribution in [1.82, 2.24) is 4.72 Å². The van der Waals surface area contributed by atoms with Crippen molar-refractivity contribution < 1.29 is 13.5 Å². The van der Waals surface area contributed by atoms with Crippen molar-refractivity contribution in [3.05, 3.63) is 50.6 Å². The normalized spacial score (nSPS) is 11.7. The van der Waals surface area contributed by atoms with Gasteiger partial charge in [-0.15, -0.1) is 11.3 Å². The molecule has 0 amide bonds. The van der Waals surface area contributed by atoms with Crippen LogP contribution in [-0.2, 0) is 23.2 Å². The summed E-state index contributed by atoms with van der Waals surface area (Å²) in [6.45, 7) is -0.0622. The predicted molar refractivity (Wildman–Crippen MR) is 78.4 cm³/mol. The van der Waals surface area contributed by atoms with E-state index in [2.05, 4.69) is 20.7 Å². The van der Waals surface area contributed by atoms with Crippen molar-refractivity contribution in [3.8, 4) is 0 Å². The highest BCUT2D eigenvalue weighted by Gasteiger charge is 2.18. The molecule has 0 fully saturated rings. The summed E-state index contributed by atoms with van der Waals surface area (Å²) in [5.74, 6) is 0. The summed E-state index contributed by atoms with van der Waals surface area (Å²) in [4.78, 5) is 0.594. The topological polar surface area (TPSA) is 66.4 Å². The molecule has 0 aliphatic heterocycles. The second-order valence-electron chi connectivity index (χ2n) is 3.82. The van der Waals surface area contributed by atoms with Gasteiger partial charge < -0.3 is 5.11 Å². The lowest BCUT2D eigenvalue weighted by atomic mass is 10.2. The Morgan fingerprint density at radius 1 is 1.32 bits per heavy atom. The summed E-state index contributed by atoms with van der Waals surface area (Å²) in [6.07, 6.45) is 0. The minimum absolute atomic E-state index is 0.148. The maximum atomic E-state index is 12.1. The average molecular weight is 362 g/mol. The molecule has 2 N–H and O–H groups in total. The van der Waals surface area contributed by atoms with Crippen molar-refractivity contribution in [3.63, 3.8) is 0 Å². The zero-order chi connectivity index (χ0) is 13.9. The van der Waals surface area contributed by atoms with E-state index in [1.54, 1.807) is 5.38 Å². The van der Waals surface area contributed by atoms with Gasteiger partial charge in [-0.05, 0) is 29.1 Å². The quantitative estimate of drug-likeness (QED) is 0.859. The van der Waals surface area contributed by atoms with E-state index >= 15 is 0 Å². The van der Waals surface area contributed by atoms with Gasteiger partial charge in [-0.3, -0.25) is 0 Å². The van der Waals surface area contributed by atoms with E-state index < -0.39 is 10.0 Å². The number of sulfonamides is 1. The molecule has 1 aromatic heterocycles. The predicted octanol–water partition coefficient (Wildman–Crippen LogP) is 2.48. The zero-order valence-corrected chi connectivity index (χ0v) is 13.1. The van der Waals surface area contributed by atoms with Crippen molar-refractivity contribution in [1.29, 1.82) is 0 Å². The highest BCUT2D eigenvalue weighted by molar-refractivity contribution is 9.10. The standard InChI is InChI=1S/C12H12BrNO3S2/c13-10-3-1-2-9(6-10)7-14-19(16,17)12-4-5-18-11(12)8-15/h1-6,14-15H,7-8H2. The highest BCUT2D eigenvalue weighted by Crippen LogP contribution is 2.22. The van der Waals surface area contributed by atoms with Gasteiger partial charge in [-0.25, -0.2) is 13.1 Å². The maximum Gasteiger partial charge on any atom is 0.242 e. The summed E-state index contributed by atoms with van der Waals surface area (Å²) >= 11 is 4.56. The third kappa shape index (κ3) is 3.64. The third-order valence-electron chi connectivity index (χ3n) is 2.49. The van der Waals surface area contributed by atoms with E-state index in [0.29, 0.717) is 4.88 Å². The lowest BCUT2D eigenvalue weighted by Gasteiger charge is -2.07. The van der Waals surface area contributed by atoms with Gasteiger partial charge in [0.1, 0.15) is 0 Å². The zero-order valence-electron chi connectivity index (χ0n) is 9.84. The van der Waals surface area contributed by atoms with Crippen LogP contribution in [0.15, 0.2) is 45.1 Å². The molecule has 0 bridgehead atoms. The van der Waals surface area contributed by atoms with E-state index in [9.17, 15) is 8.42 Å². The van der Waals surface area contributed by atoms with Crippen molar-refractivity contribution in [2.45, 2.75) is 18.0 Å². The van der Waals surface area contributed by atoms with Gasteiger partial charge in [-0.1, -0.05) is 28.1 Å². The van der Waals surface area contributed by atoms with Crippen LogP contribution in [0.25, 0.3) is 0 Å². The summed E-state index contributed by atoms with van der Waals surface area (Å²) in [5, 5.41) is 10.8. The second-order valence-corrected chi connectivity index (χ2v) is 7.47. The number of hydrogen-bond acceptors (Lipinski definition) is 4. The SMILES string of the molecule is O=S(=O)(NCc1cccc(Br)c1)c1ccsc1CO. The monoisotopic (exact) mass is 361 g/mol. The lowest BCUT2D eigenvalue weighted by Crippen LogP contribution is -2.23. The molecule has 0 radical (unpaired) electrons. The molecule has 0 unspecified atom stereocenters. The Bertz CT molecular complexity index is 667. The summed E-state index contributed by atoms with van der Waals surface area (Å²) in [5.41, 5.74) is 0.860. The molecule has 102 valence electrons. The van der Waals surface area contributed by atoms with E-state index in [-0.39, 0.29) is 18.0 Å². The van der Waals surface area contributed by atoms with Gasteiger partial charge in [0.15, 0.2) is 0 Å². The third-order valence-corrected chi connectivity index (χ3v) is 5.51. The Kier molecular flexibility index (Phi) is 4.75. The van der Waals surface area contributed by atoms with Crippen LogP contribution in [0.3, 0.4) is 0 Å². The molecule has 0 aliphatic carbocycles. The van der Waals surface area contributed by atoms with Gasteiger partial charge in [0, 0.05) is 15.9 Å². The number of aliphatic hydroxyl groups is 1. The molecule has 0 atom stereocenters. The fraction of sp³-hybridized carbons (Fsp3) is 0.167. The van der Waals surface area contributed by atoms with E-state index in [1.807, 2.05) is 24.3 Å². The minimum Gasteiger partial charge on any atom is -0.391 e. The fourth-order valence-corrected chi connectivity index (χ4v) is 4.34. The summed E-state index contributed by atoms with van der Waals surface area (Å²) < 4.78 is 27.6. The van der Waals surface area contributed by atoms with Crippen molar-refractivity contribution in [2.24, 2.45) is 0 Å². The molecule has 0 saturated heterocycles. The molecule has 2 rings (SSSR count). The minimum atomic E-state index is -3.59. The van der Waals surface area contributed by atoms with Gasteiger partial charge >= 0.3 is 0 Å². The number of rotatable bonds is 5. The molecule has 0 saturated carbocycles. The summed E-state index contributed by atoms with van der Waals surface area (Å²) in [7, 11) is -3.59. The first-order valence-electron chi connectivity index (χ1n) is 5.44. The van der Waals surface area contributed by atoms with Crippen LogP contribution in [0, 0.1) is 0 Å². The molecular weight excluding hydrogens is 350 g/mol. The van der Waals surface area contributed by atoms with Gasteiger partial charge in [0.25, 0.3) is 0 Å². The number of nitrogens with one attached hydrogen (secondary N) is 1. The Morgan fingerprint density at radius 2 is 2.11 bits per heavy atom. The van der Waals surface area contributed by atoms with Crippen LogP contribution in [0.2, 0.25) is 0 Å². The molecule has 0 aliphatic rings. The first kappa shape index (κ1) is 14.7. The van der Waals surface area contributed by atoms with Crippen LogP contribution >= 0.6 is 27.3 Å². The lowest BCUT2D eigenvalue weighted by molar-refractivity contribution is 0.282. The van der Waals surface area contributed by atoms with Gasteiger partial charge in [0.05, 0.1) is 11.5 Å². The van der Waals surface area contributed by atoms with E-state index in [0.717, 1.165) is 10.0 Å². The number of aliphatic hydroxyl groups excluding tert-OH is 1. The van der Waals surface area contributed by atoms with Crippen LogP contribution in [0.1, 0.15) is 10.4 Å². The van der Waals surface area contributed by atoms with Crippen LogP contribution < -0.4 is 4.72 Å². The Balaban J connectivity index is 2.14. The number of hydrogen-bond donors (Lipinski definition) is 2. The van der Waals surface area contributed by atoms with Crippen molar-refractivity contribution in [2.75, 3.05) is 0 Å². The molecule has 1 heterocycles. The number of thiophene rings is 1. The second kappa shape index (κ2) is 6.15. The Labute approximate surface area is 124 Å². The smallest absolute Gasteiger partial charge is 0.242 e. The average Bonchev–Trinajstić information content (AvgIpc) is 2.86. The maximum absolute atomic E-state index is 12.1. The van der Waals surface area contributed by atoms with E-state index in [4.69, 9.17) is 5.11 Å². The highest BCUT2D eigenvalue weighted by atomic mass is 79.9. The molecule has 4 nitrogen and oxygen atoms in total. The first-order chi connectivity index (χ1) is 9.03.